The molecule has 2 heteroatoms. The summed E-state index contributed by atoms with van der Waals surface area (Å²) in [5.41, 5.74) is 6.56. The van der Waals surface area contributed by atoms with Crippen molar-refractivity contribution in [2.24, 2.45) is 0 Å². The summed E-state index contributed by atoms with van der Waals surface area (Å²) in [6, 6.07) is 10.8. The summed E-state index contributed by atoms with van der Waals surface area (Å²) in [4.78, 5) is 4.20. The van der Waals surface area contributed by atoms with Gasteiger partial charge in [-0.25, -0.2) is 0 Å². The fourth-order valence-corrected chi connectivity index (χ4v) is 2.70. The van der Waals surface area contributed by atoms with Crippen LogP contribution in [-0.2, 0) is 6.54 Å². The van der Waals surface area contributed by atoms with Crippen LogP contribution in [0.15, 0.2) is 42.7 Å². The first-order valence-electron chi connectivity index (χ1n) is 6.62. The zero-order valence-electron chi connectivity index (χ0n) is 11.6. The van der Waals surface area contributed by atoms with Crippen LogP contribution in [0.25, 0.3) is 10.9 Å². The molecule has 0 aliphatic rings. The van der Waals surface area contributed by atoms with Crippen LogP contribution in [0.5, 0.6) is 0 Å². The minimum atomic E-state index is 0.882. The largest absolute Gasteiger partial charge is 0.340 e. The molecule has 2 aromatic heterocycles. The second-order valence-electron chi connectivity index (χ2n) is 5.19. The quantitative estimate of drug-likeness (QED) is 0.672. The van der Waals surface area contributed by atoms with Gasteiger partial charge in [-0.15, -0.1) is 0 Å². The SMILES string of the molecule is Cc1ccc(C)c2c1cc(C)n2Cc1cccnc1. The van der Waals surface area contributed by atoms with Crippen molar-refractivity contribution in [3.05, 3.63) is 65.1 Å². The van der Waals surface area contributed by atoms with E-state index in [4.69, 9.17) is 0 Å². The highest BCUT2D eigenvalue weighted by atomic mass is 15.0. The van der Waals surface area contributed by atoms with Crippen molar-refractivity contribution in [2.75, 3.05) is 0 Å². The summed E-state index contributed by atoms with van der Waals surface area (Å²) in [5, 5.41) is 1.36. The third-order valence-corrected chi connectivity index (χ3v) is 3.75. The standard InChI is InChI=1S/C17H18N2/c1-12-6-7-13(2)17-16(12)9-14(3)19(17)11-15-5-4-8-18-10-15/h4-10H,11H2,1-3H3. The van der Waals surface area contributed by atoms with Crippen LogP contribution < -0.4 is 0 Å². The molecule has 0 N–H and O–H groups in total. The van der Waals surface area contributed by atoms with E-state index in [1.165, 1.54) is 33.3 Å². The topological polar surface area (TPSA) is 17.8 Å². The number of hydrogen-bond acceptors (Lipinski definition) is 1. The van der Waals surface area contributed by atoms with Gasteiger partial charge in [0, 0.05) is 30.0 Å². The molecule has 2 nitrogen and oxygen atoms in total. The van der Waals surface area contributed by atoms with Crippen molar-refractivity contribution in [3.8, 4) is 0 Å². The van der Waals surface area contributed by atoms with Gasteiger partial charge in [0.25, 0.3) is 0 Å². The molecule has 0 saturated carbocycles. The molecule has 0 amide bonds. The van der Waals surface area contributed by atoms with Gasteiger partial charge in [-0.05, 0) is 49.6 Å². The van der Waals surface area contributed by atoms with Crippen molar-refractivity contribution in [3.63, 3.8) is 0 Å². The van der Waals surface area contributed by atoms with E-state index in [2.05, 4.69) is 54.6 Å². The Morgan fingerprint density at radius 3 is 2.58 bits per heavy atom. The monoisotopic (exact) mass is 250 g/mol. The highest BCUT2D eigenvalue weighted by molar-refractivity contribution is 5.87. The lowest BCUT2D eigenvalue weighted by molar-refractivity contribution is 0.798. The van der Waals surface area contributed by atoms with E-state index in [1.54, 1.807) is 0 Å². The summed E-state index contributed by atoms with van der Waals surface area (Å²) in [6.07, 6.45) is 3.76. The molecular formula is C17H18N2. The molecule has 0 unspecified atom stereocenters. The summed E-state index contributed by atoms with van der Waals surface area (Å²) in [5.74, 6) is 0. The predicted octanol–water partition coefficient (Wildman–Crippen LogP) is 4.01. The summed E-state index contributed by atoms with van der Waals surface area (Å²) < 4.78 is 2.38. The highest BCUT2D eigenvalue weighted by Gasteiger charge is 2.10. The van der Waals surface area contributed by atoms with E-state index in [1.807, 2.05) is 18.5 Å². The number of nitrogens with zero attached hydrogens (tertiary/aromatic N) is 2. The summed E-state index contributed by atoms with van der Waals surface area (Å²) >= 11 is 0. The van der Waals surface area contributed by atoms with Crippen molar-refractivity contribution in [1.29, 1.82) is 0 Å². The number of benzene rings is 1. The van der Waals surface area contributed by atoms with E-state index in [0.29, 0.717) is 0 Å². The van der Waals surface area contributed by atoms with E-state index < -0.39 is 0 Å². The normalized spacial score (nSPS) is 11.1. The maximum Gasteiger partial charge on any atom is 0.0517 e. The Balaban J connectivity index is 2.18. The fourth-order valence-electron chi connectivity index (χ4n) is 2.70. The zero-order valence-corrected chi connectivity index (χ0v) is 11.6. The van der Waals surface area contributed by atoms with Gasteiger partial charge in [0.05, 0.1) is 5.52 Å². The van der Waals surface area contributed by atoms with E-state index in [9.17, 15) is 0 Å². The van der Waals surface area contributed by atoms with Gasteiger partial charge in [0.2, 0.25) is 0 Å². The van der Waals surface area contributed by atoms with Crippen molar-refractivity contribution in [2.45, 2.75) is 27.3 Å². The van der Waals surface area contributed by atoms with Crippen molar-refractivity contribution in [1.82, 2.24) is 9.55 Å². The Bertz CT molecular complexity index is 724. The number of rotatable bonds is 2. The van der Waals surface area contributed by atoms with Crippen LogP contribution in [0.4, 0.5) is 0 Å². The second-order valence-corrected chi connectivity index (χ2v) is 5.19. The molecule has 0 saturated heterocycles. The van der Waals surface area contributed by atoms with Gasteiger partial charge in [0.15, 0.2) is 0 Å². The minimum Gasteiger partial charge on any atom is -0.340 e. The Kier molecular flexibility index (Phi) is 2.86. The van der Waals surface area contributed by atoms with Crippen LogP contribution in [0, 0.1) is 20.8 Å². The van der Waals surface area contributed by atoms with Crippen molar-refractivity contribution >= 4 is 10.9 Å². The average molecular weight is 250 g/mol. The van der Waals surface area contributed by atoms with Gasteiger partial charge >= 0.3 is 0 Å². The Morgan fingerprint density at radius 2 is 1.84 bits per heavy atom. The summed E-state index contributed by atoms with van der Waals surface area (Å²) in [6.45, 7) is 7.42. The number of pyridine rings is 1. The minimum absolute atomic E-state index is 0.882. The van der Waals surface area contributed by atoms with Crippen LogP contribution in [0.1, 0.15) is 22.4 Å². The van der Waals surface area contributed by atoms with Gasteiger partial charge in [-0.2, -0.15) is 0 Å². The first-order chi connectivity index (χ1) is 9.16. The number of aromatic nitrogens is 2. The molecule has 19 heavy (non-hydrogen) atoms. The van der Waals surface area contributed by atoms with Crippen LogP contribution in [0.3, 0.4) is 0 Å². The zero-order chi connectivity index (χ0) is 13.4. The number of hydrogen-bond donors (Lipinski definition) is 0. The maximum absolute atomic E-state index is 4.20. The smallest absolute Gasteiger partial charge is 0.0517 e. The molecule has 2 heterocycles. The number of fused-ring (bicyclic) bond motifs is 1. The lowest BCUT2D eigenvalue weighted by atomic mass is 10.1. The van der Waals surface area contributed by atoms with Crippen LogP contribution in [-0.4, -0.2) is 9.55 Å². The first-order valence-corrected chi connectivity index (χ1v) is 6.62. The average Bonchev–Trinajstić information content (AvgIpc) is 2.74. The van der Waals surface area contributed by atoms with E-state index in [0.717, 1.165) is 6.54 Å². The van der Waals surface area contributed by atoms with E-state index >= 15 is 0 Å². The molecule has 0 atom stereocenters. The molecule has 0 aliphatic heterocycles. The maximum atomic E-state index is 4.20. The van der Waals surface area contributed by atoms with Gasteiger partial charge in [-0.3, -0.25) is 4.98 Å². The molecule has 3 aromatic rings. The van der Waals surface area contributed by atoms with Crippen LogP contribution >= 0.6 is 0 Å². The predicted molar refractivity (Wildman–Crippen MR) is 79.5 cm³/mol. The molecule has 0 aliphatic carbocycles. The second kappa shape index (κ2) is 4.54. The summed E-state index contributed by atoms with van der Waals surface area (Å²) in [7, 11) is 0. The third kappa shape index (κ3) is 2.03. The van der Waals surface area contributed by atoms with Gasteiger partial charge in [-0.1, -0.05) is 18.2 Å². The fraction of sp³-hybridized carbons (Fsp3) is 0.235. The molecule has 1 aromatic carbocycles. The highest BCUT2D eigenvalue weighted by Crippen LogP contribution is 2.26. The molecule has 0 bridgehead atoms. The first kappa shape index (κ1) is 12.0. The van der Waals surface area contributed by atoms with Crippen LogP contribution in [0.2, 0.25) is 0 Å². The molecular weight excluding hydrogens is 232 g/mol. The Labute approximate surface area is 113 Å². The molecule has 0 fully saturated rings. The lowest BCUT2D eigenvalue weighted by Crippen LogP contribution is -2.02. The van der Waals surface area contributed by atoms with Gasteiger partial charge < -0.3 is 4.57 Å². The Morgan fingerprint density at radius 1 is 1.05 bits per heavy atom. The molecule has 96 valence electrons. The number of aryl methyl sites for hydroxylation is 3. The third-order valence-electron chi connectivity index (χ3n) is 3.75. The molecule has 0 radical (unpaired) electrons. The lowest BCUT2D eigenvalue weighted by Gasteiger charge is -2.10. The van der Waals surface area contributed by atoms with Crippen molar-refractivity contribution < 1.29 is 0 Å². The molecule has 3 rings (SSSR count). The molecule has 0 spiro atoms. The van der Waals surface area contributed by atoms with E-state index in [-0.39, 0.29) is 0 Å². The Hall–Kier alpha value is -2.09. The van der Waals surface area contributed by atoms with Gasteiger partial charge in [0.1, 0.15) is 0 Å².